The van der Waals surface area contributed by atoms with E-state index in [1.807, 2.05) is 6.92 Å². The number of rotatable bonds is 4. The molecule has 0 spiro atoms. The Bertz CT molecular complexity index is 280. The van der Waals surface area contributed by atoms with E-state index in [0.717, 1.165) is 25.8 Å². The number of piperidine rings is 1. The molecule has 1 rings (SSSR count). The van der Waals surface area contributed by atoms with Gasteiger partial charge in [-0.2, -0.15) is 0 Å². The Morgan fingerprint density at radius 3 is 2.61 bits per heavy atom. The molecule has 0 radical (unpaired) electrons. The highest BCUT2D eigenvalue weighted by Gasteiger charge is 2.24. The van der Waals surface area contributed by atoms with Gasteiger partial charge in [0.2, 0.25) is 11.8 Å². The lowest BCUT2D eigenvalue weighted by Crippen LogP contribution is -2.52. The molecule has 6 heteroatoms. The smallest absolute Gasteiger partial charge is 0.244 e. The van der Waals surface area contributed by atoms with Crippen LogP contribution in [0.3, 0.4) is 0 Å². The minimum Gasteiger partial charge on any atom is -0.344 e. The molecule has 2 unspecified atom stereocenters. The minimum atomic E-state index is -0.448. The van der Waals surface area contributed by atoms with Crippen LogP contribution in [0.15, 0.2) is 0 Å². The maximum atomic E-state index is 11.9. The number of likely N-dealkylation sites (N-methyl/N-ethyl adjacent to an activating group) is 1. The molecule has 1 aliphatic rings. The first-order valence-electron chi connectivity index (χ1n) is 6.35. The zero-order valence-corrected chi connectivity index (χ0v) is 12.2. The summed E-state index contributed by atoms with van der Waals surface area (Å²) >= 11 is 0. The van der Waals surface area contributed by atoms with E-state index in [0.29, 0.717) is 6.54 Å². The van der Waals surface area contributed by atoms with Crippen molar-refractivity contribution in [3.8, 4) is 0 Å². The van der Waals surface area contributed by atoms with Crippen LogP contribution in [0.2, 0.25) is 0 Å². The van der Waals surface area contributed by atoms with Crippen molar-refractivity contribution in [2.75, 3.05) is 20.1 Å². The van der Waals surface area contributed by atoms with E-state index in [-0.39, 0.29) is 30.3 Å². The number of hydrogen-bond acceptors (Lipinski definition) is 3. The molecular formula is C12H24ClN3O2. The Morgan fingerprint density at radius 2 is 2.11 bits per heavy atom. The van der Waals surface area contributed by atoms with Crippen LogP contribution < -0.4 is 10.6 Å². The monoisotopic (exact) mass is 277 g/mol. The Hall–Kier alpha value is -0.810. The van der Waals surface area contributed by atoms with Gasteiger partial charge in [-0.3, -0.25) is 9.59 Å². The third-order valence-corrected chi connectivity index (χ3v) is 3.21. The number of nitrogens with one attached hydrogen (secondary N) is 2. The minimum absolute atomic E-state index is 0. The van der Waals surface area contributed by atoms with Crippen LogP contribution in [0.25, 0.3) is 0 Å². The highest BCUT2D eigenvalue weighted by Crippen LogP contribution is 2.07. The molecular weight excluding hydrogens is 254 g/mol. The lowest BCUT2D eigenvalue weighted by molar-refractivity contribution is -0.135. The van der Waals surface area contributed by atoms with Gasteiger partial charge in [0.05, 0.1) is 6.04 Å². The Morgan fingerprint density at radius 1 is 1.44 bits per heavy atom. The van der Waals surface area contributed by atoms with E-state index >= 15 is 0 Å². The summed E-state index contributed by atoms with van der Waals surface area (Å²) in [4.78, 5) is 25.3. The van der Waals surface area contributed by atoms with Gasteiger partial charge in [-0.25, -0.2) is 0 Å². The quantitative estimate of drug-likeness (QED) is 0.788. The van der Waals surface area contributed by atoms with Gasteiger partial charge in [0.1, 0.15) is 6.04 Å². The second-order valence-electron chi connectivity index (χ2n) is 4.59. The van der Waals surface area contributed by atoms with Gasteiger partial charge in [0.15, 0.2) is 0 Å². The molecule has 0 aromatic rings. The average molecular weight is 278 g/mol. The van der Waals surface area contributed by atoms with Crippen molar-refractivity contribution in [3.63, 3.8) is 0 Å². The van der Waals surface area contributed by atoms with E-state index in [1.165, 1.54) is 0 Å². The maximum absolute atomic E-state index is 11.9. The molecule has 18 heavy (non-hydrogen) atoms. The summed E-state index contributed by atoms with van der Waals surface area (Å²) < 4.78 is 0. The van der Waals surface area contributed by atoms with Crippen molar-refractivity contribution < 1.29 is 9.59 Å². The number of halogens is 1. The molecule has 1 heterocycles. The zero-order valence-electron chi connectivity index (χ0n) is 11.4. The van der Waals surface area contributed by atoms with Crippen LogP contribution in [-0.2, 0) is 9.59 Å². The lowest BCUT2D eigenvalue weighted by atomic mass is 10.0. The topological polar surface area (TPSA) is 61.4 Å². The lowest BCUT2D eigenvalue weighted by Gasteiger charge is -2.25. The van der Waals surface area contributed by atoms with E-state index in [9.17, 15) is 9.59 Å². The van der Waals surface area contributed by atoms with Crippen molar-refractivity contribution in [1.82, 2.24) is 15.5 Å². The molecule has 2 atom stereocenters. The van der Waals surface area contributed by atoms with Crippen LogP contribution in [0, 0.1) is 0 Å². The summed E-state index contributed by atoms with van der Waals surface area (Å²) in [6.45, 7) is 5.18. The highest BCUT2D eigenvalue weighted by molar-refractivity contribution is 5.89. The van der Waals surface area contributed by atoms with E-state index < -0.39 is 6.04 Å². The summed E-state index contributed by atoms with van der Waals surface area (Å²) in [6.07, 6.45) is 3.05. The molecule has 0 aliphatic carbocycles. The molecule has 0 aromatic carbocycles. The van der Waals surface area contributed by atoms with Crippen LogP contribution >= 0.6 is 12.4 Å². The Kier molecular flexibility index (Phi) is 7.95. The zero-order chi connectivity index (χ0) is 12.8. The molecule has 0 saturated carbocycles. The summed E-state index contributed by atoms with van der Waals surface area (Å²) in [5.41, 5.74) is 0. The standard InChI is InChI=1S/C12H23N3O2.ClH/c1-4-15(3)12(17)9(2)14-11(16)10-7-5-6-8-13-10;/h9-10,13H,4-8H2,1-3H3,(H,14,16);1H. The summed E-state index contributed by atoms with van der Waals surface area (Å²) in [7, 11) is 1.74. The van der Waals surface area contributed by atoms with E-state index in [1.54, 1.807) is 18.9 Å². The van der Waals surface area contributed by atoms with Gasteiger partial charge < -0.3 is 15.5 Å². The summed E-state index contributed by atoms with van der Waals surface area (Å²) in [5.74, 6) is -0.105. The number of carbonyl (C=O) groups excluding carboxylic acids is 2. The molecule has 0 bridgehead atoms. The van der Waals surface area contributed by atoms with Gasteiger partial charge in [-0.15, -0.1) is 12.4 Å². The number of amides is 2. The fourth-order valence-corrected chi connectivity index (χ4v) is 1.94. The van der Waals surface area contributed by atoms with Crippen molar-refractivity contribution >= 4 is 24.2 Å². The van der Waals surface area contributed by atoms with Gasteiger partial charge >= 0.3 is 0 Å². The van der Waals surface area contributed by atoms with Crippen LogP contribution in [-0.4, -0.2) is 48.9 Å². The maximum Gasteiger partial charge on any atom is 0.244 e. The largest absolute Gasteiger partial charge is 0.344 e. The average Bonchev–Trinajstić information content (AvgIpc) is 2.37. The molecule has 106 valence electrons. The molecule has 1 aliphatic heterocycles. The number of nitrogens with zero attached hydrogens (tertiary/aromatic N) is 1. The fourth-order valence-electron chi connectivity index (χ4n) is 1.94. The first-order chi connectivity index (χ1) is 8.06. The molecule has 2 amide bonds. The molecule has 1 fully saturated rings. The fraction of sp³-hybridized carbons (Fsp3) is 0.833. The number of hydrogen-bond donors (Lipinski definition) is 2. The second-order valence-corrected chi connectivity index (χ2v) is 4.59. The molecule has 2 N–H and O–H groups in total. The van der Waals surface area contributed by atoms with Crippen molar-refractivity contribution in [1.29, 1.82) is 0 Å². The third-order valence-electron chi connectivity index (χ3n) is 3.21. The predicted octanol–water partition coefficient (Wildman–Crippen LogP) is 0.533. The van der Waals surface area contributed by atoms with E-state index in [2.05, 4.69) is 10.6 Å². The SMILES string of the molecule is CCN(C)C(=O)C(C)NC(=O)C1CCCCN1.Cl. The first kappa shape index (κ1) is 17.2. The van der Waals surface area contributed by atoms with Crippen LogP contribution in [0.1, 0.15) is 33.1 Å². The van der Waals surface area contributed by atoms with Crippen LogP contribution in [0.5, 0.6) is 0 Å². The second kappa shape index (κ2) is 8.32. The number of carbonyl (C=O) groups is 2. The van der Waals surface area contributed by atoms with Crippen LogP contribution in [0.4, 0.5) is 0 Å². The molecule has 0 aromatic heterocycles. The van der Waals surface area contributed by atoms with Gasteiger partial charge in [0.25, 0.3) is 0 Å². The Labute approximate surface area is 115 Å². The van der Waals surface area contributed by atoms with Gasteiger partial charge in [-0.05, 0) is 33.2 Å². The third kappa shape index (κ3) is 4.82. The van der Waals surface area contributed by atoms with Gasteiger partial charge in [0, 0.05) is 13.6 Å². The van der Waals surface area contributed by atoms with Gasteiger partial charge in [-0.1, -0.05) is 6.42 Å². The Balaban J connectivity index is 0.00000289. The van der Waals surface area contributed by atoms with Crippen molar-refractivity contribution in [3.05, 3.63) is 0 Å². The first-order valence-corrected chi connectivity index (χ1v) is 6.35. The highest BCUT2D eigenvalue weighted by atomic mass is 35.5. The summed E-state index contributed by atoms with van der Waals surface area (Å²) in [6, 6.07) is -0.581. The molecule has 5 nitrogen and oxygen atoms in total. The van der Waals surface area contributed by atoms with E-state index in [4.69, 9.17) is 0 Å². The molecule has 1 saturated heterocycles. The predicted molar refractivity (Wildman–Crippen MR) is 73.8 cm³/mol. The van der Waals surface area contributed by atoms with Crippen molar-refractivity contribution in [2.45, 2.75) is 45.2 Å². The summed E-state index contributed by atoms with van der Waals surface area (Å²) in [5, 5.41) is 5.94. The normalized spacial score (nSPS) is 20.5. The van der Waals surface area contributed by atoms with Crippen molar-refractivity contribution in [2.24, 2.45) is 0 Å².